The summed E-state index contributed by atoms with van der Waals surface area (Å²) in [7, 11) is -0.561. The number of rotatable bonds is 6. The van der Waals surface area contributed by atoms with E-state index in [9.17, 15) is 4.32 Å². The number of thiophene rings is 1. The summed E-state index contributed by atoms with van der Waals surface area (Å²) in [5, 5.41) is 3.42. The minimum Gasteiger partial charge on any atom is -0.365 e. The van der Waals surface area contributed by atoms with E-state index >= 15 is 0 Å². The van der Waals surface area contributed by atoms with Crippen LogP contribution in [0.15, 0.2) is 76.4 Å². The Balaban J connectivity index is 1.70. The minimum absolute atomic E-state index is 0.491. The largest absolute Gasteiger partial charge is 0.448 e. The fraction of sp³-hybridized carbons (Fsp3) is 0.136. The number of hydrogen-bond donors (Lipinski definition) is 1. The number of allylic oxidation sites excluding steroid dienone is 3. The molecule has 28 heavy (non-hydrogen) atoms. The Kier molecular flexibility index (Phi) is 5.41. The molecular weight excluding hydrogens is 368 g/mol. The Hall–Kier alpha value is -2.70. The van der Waals surface area contributed by atoms with Gasteiger partial charge in [0.25, 0.3) is 0 Å². The molecule has 2 N–H and O–H groups in total. The van der Waals surface area contributed by atoms with Gasteiger partial charge in [0.15, 0.2) is 0 Å². The molecule has 0 amide bonds. The summed E-state index contributed by atoms with van der Waals surface area (Å²) in [4.78, 5) is 4.83. The number of nitrogens with two attached hydrogens (primary N) is 1. The zero-order valence-corrected chi connectivity index (χ0v) is 16.5. The van der Waals surface area contributed by atoms with Crippen molar-refractivity contribution in [3.05, 3.63) is 82.7 Å². The highest BCUT2D eigenvalue weighted by Gasteiger charge is 2.18. The number of hydrogen-bond acceptors (Lipinski definition) is 3. The van der Waals surface area contributed by atoms with Gasteiger partial charge in [0.2, 0.25) is 0 Å². The zero-order chi connectivity index (χ0) is 19.5. The van der Waals surface area contributed by atoms with Crippen molar-refractivity contribution >= 4 is 46.5 Å². The SMILES string of the molecule is CC1=CC(/C=C/c2csc3ccccc23)=NC/1=C(/CCN)c1cccn1BF. The Bertz CT molecular complexity index is 1130. The van der Waals surface area contributed by atoms with Crippen LogP contribution < -0.4 is 5.73 Å². The molecule has 0 saturated carbocycles. The molecule has 3 aromatic rings. The molecule has 0 atom stereocenters. The van der Waals surface area contributed by atoms with Gasteiger partial charge in [-0.25, -0.2) is 4.99 Å². The first-order valence-corrected chi connectivity index (χ1v) is 10.2. The van der Waals surface area contributed by atoms with Crippen LogP contribution in [0, 0.1) is 0 Å². The Morgan fingerprint density at radius 3 is 2.93 bits per heavy atom. The summed E-state index contributed by atoms with van der Waals surface area (Å²) in [5.74, 6) is 0. The van der Waals surface area contributed by atoms with Crippen molar-refractivity contribution in [2.45, 2.75) is 13.3 Å². The first kappa shape index (κ1) is 18.7. The predicted octanol–water partition coefficient (Wildman–Crippen LogP) is 4.96. The molecule has 1 aliphatic rings. The summed E-state index contributed by atoms with van der Waals surface area (Å²) in [6.07, 6.45) is 8.61. The molecule has 1 aliphatic heterocycles. The molecule has 140 valence electrons. The zero-order valence-electron chi connectivity index (χ0n) is 15.7. The first-order chi connectivity index (χ1) is 13.7. The maximum atomic E-state index is 13.3. The molecule has 3 nitrogen and oxygen atoms in total. The van der Waals surface area contributed by atoms with Crippen molar-refractivity contribution in [3.8, 4) is 0 Å². The number of nitrogens with zero attached hydrogens (tertiary/aromatic N) is 2. The highest BCUT2D eigenvalue weighted by Crippen LogP contribution is 2.32. The highest BCUT2D eigenvalue weighted by atomic mass is 32.1. The van der Waals surface area contributed by atoms with Crippen molar-refractivity contribution < 1.29 is 4.32 Å². The molecule has 0 bridgehead atoms. The van der Waals surface area contributed by atoms with Gasteiger partial charge < -0.3 is 14.5 Å². The van der Waals surface area contributed by atoms with Crippen LogP contribution in [0.1, 0.15) is 24.6 Å². The average Bonchev–Trinajstić information content (AvgIpc) is 3.43. The van der Waals surface area contributed by atoms with Gasteiger partial charge >= 0.3 is 7.69 Å². The normalized spacial score (nSPS) is 16.0. The van der Waals surface area contributed by atoms with Crippen molar-refractivity contribution in [2.75, 3.05) is 6.54 Å². The molecule has 0 radical (unpaired) electrons. The van der Waals surface area contributed by atoms with Gasteiger partial charge in [-0.15, -0.1) is 11.3 Å². The third-order valence-electron chi connectivity index (χ3n) is 4.87. The fourth-order valence-electron chi connectivity index (χ4n) is 3.54. The molecule has 3 heterocycles. The molecule has 0 saturated heterocycles. The van der Waals surface area contributed by atoms with Crippen LogP contribution in [-0.2, 0) is 0 Å². The summed E-state index contributed by atoms with van der Waals surface area (Å²) in [6.45, 7) is 2.53. The van der Waals surface area contributed by atoms with E-state index in [1.54, 1.807) is 22.0 Å². The Labute approximate surface area is 168 Å². The maximum absolute atomic E-state index is 13.3. The van der Waals surface area contributed by atoms with E-state index in [0.29, 0.717) is 13.0 Å². The number of aromatic nitrogens is 1. The minimum atomic E-state index is -0.561. The van der Waals surface area contributed by atoms with Crippen molar-refractivity contribution in [1.82, 2.24) is 4.48 Å². The Morgan fingerprint density at radius 1 is 1.25 bits per heavy atom. The van der Waals surface area contributed by atoms with Crippen LogP contribution >= 0.6 is 11.3 Å². The van der Waals surface area contributed by atoms with Gasteiger partial charge in [-0.05, 0) is 78.3 Å². The van der Waals surface area contributed by atoms with E-state index in [4.69, 9.17) is 10.7 Å². The topological polar surface area (TPSA) is 43.3 Å². The molecule has 0 unspecified atom stereocenters. The van der Waals surface area contributed by atoms with Gasteiger partial charge in [0, 0.05) is 16.0 Å². The monoisotopic (exact) mass is 389 g/mol. The van der Waals surface area contributed by atoms with Crippen LogP contribution in [0.3, 0.4) is 0 Å². The fourth-order valence-corrected chi connectivity index (χ4v) is 4.47. The quantitative estimate of drug-likeness (QED) is 0.595. The van der Waals surface area contributed by atoms with Crippen molar-refractivity contribution in [1.29, 1.82) is 0 Å². The van der Waals surface area contributed by atoms with Crippen LogP contribution in [-0.4, -0.2) is 24.4 Å². The maximum Gasteiger partial charge on any atom is 0.448 e. The van der Waals surface area contributed by atoms with E-state index in [1.165, 1.54) is 15.6 Å². The number of benzene rings is 1. The molecular formula is C22H21BFN3S. The van der Waals surface area contributed by atoms with Crippen LogP contribution in [0.25, 0.3) is 21.7 Å². The lowest BCUT2D eigenvalue weighted by atomic mass is 10.0. The second-order valence-electron chi connectivity index (χ2n) is 6.73. The van der Waals surface area contributed by atoms with Gasteiger partial charge in [-0.2, -0.15) is 0 Å². The first-order valence-electron chi connectivity index (χ1n) is 9.27. The lowest BCUT2D eigenvalue weighted by Gasteiger charge is -2.12. The highest BCUT2D eigenvalue weighted by molar-refractivity contribution is 7.17. The molecule has 1 aromatic carbocycles. The standard InChI is InChI=1S/C22H21BFN3S/c1-15-13-17(9-8-16-14-28-21-7-3-2-5-18(16)21)26-22(15)19(10-11-25)20-6-4-12-27(20)23-24/h2-9,12-14,23H,10-11,25H2,1H3/b9-8+,22-19-. The van der Waals surface area contributed by atoms with Gasteiger partial charge in [0.1, 0.15) is 0 Å². The molecule has 0 spiro atoms. The summed E-state index contributed by atoms with van der Waals surface area (Å²) >= 11 is 1.74. The summed E-state index contributed by atoms with van der Waals surface area (Å²) in [5.41, 5.74) is 11.7. The molecule has 0 fully saturated rings. The van der Waals surface area contributed by atoms with Crippen LogP contribution in [0.5, 0.6) is 0 Å². The number of aliphatic imine (C=N–C) groups is 1. The predicted molar refractivity (Wildman–Crippen MR) is 121 cm³/mol. The average molecular weight is 389 g/mol. The van der Waals surface area contributed by atoms with E-state index in [2.05, 4.69) is 41.8 Å². The number of halogens is 1. The molecule has 2 aromatic heterocycles. The summed E-state index contributed by atoms with van der Waals surface area (Å²) < 4.78 is 16.2. The van der Waals surface area contributed by atoms with E-state index in [-0.39, 0.29) is 0 Å². The van der Waals surface area contributed by atoms with Crippen molar-refractivity contribution in [2.24, 2.45) is 10.7 Å². The van der Waals surface area contributed by atoms with Crippen LogP contribution in [0.2, 0.25) is 0 Å². The lowest BCUT2D eigenvalue weighted by molar-refractivity contribution is 0.830. The molecule has 0 aliphatic carbocycles. The van der Waals surface area contributed by atoms with Crippen LogP contribution in [0.4, 0.5) is 4.32 Å². The van der Waals surface area contributed by atoms with Crippen molar-refractivity contribution in [3.63, 3.8) is 0 Å². The Morgan fingerprint density at radius 2 is 2.11 bits per heavy atom. The third kappa shape index (κ3) is 3.53. The smallest absolute Gasteiger partial charge is 0.365 e. The third-order valence-corrected chi connectivity index (χ3v) is 5.85. The van der Waals surface area contributed by atoms with E-state index in [0.717, 1.165) is 28.2 Å². The summed E-state index contributed by atoms with van der Waals surface area (Å²) in [6, 6.07) is 12.2. The molecule has 6 heteroatoms. The lowest BCUT2D eigenvalue weighted by Crippen LogP contribution is -2.08. The van der Waals surface area contributed by atoms with Gasteiger partial charge in [0.05, 0.1) is 11.4 Å². The second-order valence-corrected chi connectivity index (χ2v) is 7.64. The second kappa shape index (κ2) is 8.13. The molecule has 4 rings (SSSR count). The van der Waals surface area contributed by atoms with Gasteiger partial charge in [-0.1, -0.05) is 24.3 Å². The van der Waals surface area contributed by atoms with E-state index < -0.39 is 7.69 Å². The van der Waals surface area contributed by atoms with E-state index in [1.807, 2.05) is 25.1 Å². The van der Waals surface area contributed by atoms with Gasteiger partial charge in [-0.3, -0.25) is 0 Å². The number of fused-ring (bicyclic) bond motifs is 1.